The summed E-state index contributed by atoms with van der Waals surface area (Å²) in [4.78, 5) is 13.2. The van der Waals surface area contributed by atoms with Gasteiger partial charge < -0.3 is 16.0 Å². The molecule has 4 nitrogen and oxygen atoms in total. The van der Waals surface area contributed by atoms with Crippen molar-refractivity contribution >= 4 is 6.03 Å². The third kappa shape index (κ3) is 2.59. The van der Waals surface area contributed by atoms with Crippen molar-refractivity contribution < 1.29 is 4.79 Å². The Morgan fingerprint density at radius 2 is 2.31 bits per heavy atom. The highest BCUT2D eigenvalue weighted by molar-refractivity contribution is 5.74. The summed E-state index contributed by atoms with van der Waals surface area (Å²) in [5, 5.41) is 2.77. The number of carbonyl (C=O) groups is 1. The lowest BCUT2D eigenvalue weighted by Gasteiger charge is -2.27. The first-order valence-electron chi connectivity index (χ1n) is 4.91. The Hall–Kier alpha value is -0.770. The van der Waals surface area contributed by atoms with Gasteiger partial charge in [0, 0.05) is 26.2 Å². The van der Waals surface area contributed by atoms with Crippen molar-refractivity contribution in [2.75, 3.05) is 20.1 Å². The lowest BCUT2D eigenvalue weighted by atomic mass is 10.1. The van der Waals surface area contributed by atoms with Gasteiger partial charge in [0.25, 0.3) is 0 Å². The van der Waals surface area contributed by atoms with Gasteiger partial charge in [-0.3, -0.25) is 0 Å². The molecule has 0 spiro atoms. The zero-order valence-electron chi connectivity index (χ0n) is 8.42. The first-order valence-corrected chi connectivity index (χ1v) is 4.91. The van der Waals surface area contributed by atoms with Crippen LogP contribution < -0.4 is 11.1 Å². The lowest BCUT2D eigenvalue weighted by molar-refractivity contribution is 0.185. The third-order valence-corrected chi connectivity index (χ3v) is 2.55. The van der Waals surface area contributed by atoms with E-state index in [1.807, 2.05) is 14.0 Å². The van der Waals surface area contributed by atoms with Gasteiger partial charge in [-0.05, 0) is 25.7 Å². The molecule has 0 aliphatic heterocycles. The van der Waals surface area contributed by atoms with E-state index in [-0.39, 0.29) is 12.1 Å². The zero-order valence-corrected chi connectivity index (χ0v) is 8.42. The predicted octanol–water partition coefficient (Wildman–Crippen LogP) is 0.385. The highest BCUT2D eigenvalue weighted by atomic mass is 16.2. The second-order valence-electron chi connectivity index (χ2n) is 3.59. The fourth-order valence-corrected chi connectivity index (χ4v) is 1.57. The van der Waals surface area contributed by atoms with Gasteiger partial charge in [-0.15, -0.1) is 0 Å². The quantitative estimate of drug-likeness (QED) is 0.665. The molecule has 3 N–H and O–H groups in total. The van der Waals surface area contributed by atoms with Crippen LogP contribution in [0, 0.1) is 5.92 Å². The van der Waals surface area contributed by atoms with Crippen LogP contribution >= 0.6 is 0 Å². The number of nitrogens with two attached hydrogens (primary N) is 1. The van der Waals surface area contributed by atoms with E-state index in [0.29, 0.717) is 19.0 Å². The molecule has 1 unspecified atom stereocenters. The minimum atomic E-state index is -0.00940. The van der Waals surface area contributed by atoms with E-state index in [1.165, 1.54) is 12.8 Å². The number of rotatable bonds is 4. The van der Waals surface area contributed by atoms with E-state index in [2.05, 4.69) is 5.32 Å². The number of urea groups is 1. The Kier molecular flexibility index (Phi) is 3.54. The SMILES string of the molecule is CCNC(=O)N(C)C(CN)C1CC1. The lowest BCUT2D eigenvalue weighted by Crippen LogP contribution is -2.47. The third-order valence-electron chi connectivity index (χ3n) is 2.55. The fourth-order valence-electron chi connectivity index (χ4n) is 1.57. The molecule has 0 aromatic heterocycles. The number of hydrogen-bond donors (Lipinski definition) is 2. The predicted molar refractivity (Wildman–Crippen MR) is 52.4 cm³/mol. The second kappa shape index (κ2) is 4.46. The average molecular weight is 185 g/mol. The molecule has 0 bridgehead atoms. The Bertz CT molecular complexity index is 180. The molecule has 0 saturated heterocycles. The molecule has 1 aliphatic carbocycles. The van der Waals surface area contributed by atoms with Gasteiger partial charge >= 0.3 is 6.03 Å². The molecule has 1 atom stereocenters. The molecule has 76 valence electrons. The first-order chi connectivity index (χ1) is 6.20. The minimum Gasteiger partial charge on any atom is -0.338 e. The van der Waals surface area contributed by atoms with Gasteiger partial charge in [-0.1, -0.05) is 0 Å². The molecule has 0 heterocycles. The number of nitrogens with one attached hydrogen (secondary N) is 1. The maximum atomic E-state index is 11.4. The van der Waals surface area contributed by atoms with Crippen molar-refractivity contribution in [2.45, 2.75) is 25.8 Å². The molecule has 0 aromatic rings. The molecule has 0 radical (unpaired) electrons. The van der Waals surface area contributed by atoms with Gasteiger partial charge in [0.05, 0.1) is 0 Å². The van der Waals surface area contributed by atoms with Crippen LogP contribution in [0.25, 0.3) is 0 Å². The van der Waals surface area contributed by atoms with Crippen LogP contribution in [0.4, 0.5) is 4.79 Å². The van der Waals surface area contributed by atoms with Crippen molar-refractivity contribution in [3.8, 4) is 0 Å². The van der Waals surface area contributed by atoms with Crippen molar-refractivity contribution in [1.29, 1.82) is 0 Å². The molecule has 1 saturated carbocycles. The summed E-state index contributed by atoms with van der Waals surface area (Å²) in [7, 11) is 1.82. The van der Waals surface area contributed by atoms with Crippen LogP contribution in [0.1, 0.15) is 19.8 Å². The highest BCUT2D eigenvalue weighted by Gasteiger charge is 2.34. The van der Waals surface area contributed by atoms with Crippen molar-refractivity contribution in [3.05, 3.63) is 0 Å². The number of carbonyl (C=O) groups excluding carboxylic acids is 1. The van der Waals surface area contributed by atoms with E-state index < -0.39 is 0 Å². The van der Waals surface area contributed by atoms with E-state index in [0.717, 1.165) is 0 Å². The maximum absolute atomic E-state index is 11.4. The molecular weight excluding hydrogens is 166 g/mol. The van der Waals surface area contributed by atoms with Gasteiger partial charge in [-0.2, -0.15) is 0 Å². The highest BCUT2D eigenvalue weighted by Crippen LogP contribution is 2.34. The second-order valence-corrected chi connectivity index (χ2v) is 3.59. The van der Waals surface area contributed by atoms with Crippen LogP contribution in [-0.2, 0) is 0 Å². The molecule has 1 rings (SSSR count). The van der Waals surface area contributed by atoms with E-state index >= 15 is 0 Å². The summed E-state index contributed by atoms with van der Waals surface area (Å²) in [6.07, 6.45) is 2.43. The van der Waals surface area contributed by atoms with Gasteiger partial charge in [0.1, 0.15) is 0 Å². The molecule has 0 aromatic carbocycles. The monoisotopic (exact) mass is 185 g/mol. The number of likely N-dealkylation sites (N-methyl/N-ethyl adjacent to an activating group) is 1. The van der Waals surface area contributed by atoms with Crippen LogP contribution in [0.15, 0.2) is 0 Å². The normalized spacial score (nSPS) is 18.1. The number of hydrogen-bond acceptors (Lipinski definition) is 2. The molecule has 4 heteroatoms. The van der Waals surface area contributed by atoms with Crippen molar-refractivity contribution in [2.24, 2.45) is 11.7 Å². The Labute approximate surface area is 79.5 Å². The number of nitrogens with zero attached hydrogens (tertiary/aromatic N) is 1. The summed E-state index contributed by atoms with van der Waals surface area (Å²) < 4.78 is 0. The smallest absolute Gasteiger partial charge is 0.317 e. The van der Waals surface area contributed by atoms with E-state index in [4.69, 9.17) is 5.73 Å². The summed E-state index contributed by atoms with van der Waals surface area (Å²) >= 11 is 0. The van der Waals surface area contributed by atoms with Crippen molar-refractivity contribution in [3.63, 3.8) is 0 Å². The van der Waals surface area contributed by atoms with Crippen LogP contribution in [-0.4, -0.2) is 37.1 Å². The summed E-state index contributed by atoms with van der Waals surface area (Å²) in [6, 6.07) is 0.219. The summed E-state index contributed by atoms with van der Waals surface area (Å²) in [5.74, 6) is 0.637. The van der Waals surface area contributed by atoms with Gasteiger partial charge in [0.15, 0.2) is 0 Å². The molecule has 1 fully saturated rings. The van der Waals surface area contributed by atoms with Crippen LogP contribution in [0.5, 0.6) is 0 Å². The Morgan fingerprint density at radius 1 is 1.69 bits per heavy atom. The molecular formula is C9H19N3O. The van der Waals surface area contributed by atoms with E-state index in [9.17, 15) is 4.79 Å². The summed E-state index contributed by atoms with van der Waals surface area (Å²) in [6.45, 7) is 3.16. The van der Waals surface area contributed by atoms with Crippen LogP contribution in [0.3, 0.4) is 0 Å². The van der Waals surface area contributed by atoms with Gasteiger partial charge in [-0.25, -0.2) is 4.79 Å². The topological polar surface area (TPSA) is 58.4 Å². The Balaban J connectivity index is 2.42. The van der Waals surface area contributed by atoms with Gasteiger partial charge in [0.2, 0.25) is 0 Å². The fraction of sp³-hybridized carbons (Fsp3) is 0.889. The molecule has 13 heavy (non-hydrogen) atoms. The average Bonchev–Trinajstić information content (AvgIpc) is 2.90. The molecule has 2 amide bonds. The maximum Gasteiger partial charge on any atom is 0.317 e. The first kappa shape index (κ1) is 10.3. The molecule has 1 aliphatic rings. The largest absolute Gasteiger partial charge is 0.338 e. The van der Waals surface area contributed by atoms with Crippen LogP contribution in [0.2, 0.25) is 0 Å². The zero-order chi connectivity index (χ0) is 9.84. The summed E-state index contributed by atoms with van der Waals surface area (Å²) in [5.41, 5.74) is 5.63. The minimum absolute atomic E-state index is 0.00940. The number of amides is 2. The standard InChI is InChI=1S/C9H19N3O/c1-3-11-9(13)12(2)8(6-10)7-4-5-7/h7-8H,3-6,10H2,1-2H3,(H,11,13). The Morgan fingerprint density at radius 3 is 2.69 bits per heavy atom. The van der Waals surface area contributed by atoms with E-state index in [1.54, 1.807) is 4.90 Å². The van der Waals surface area contributed by atoms with Crippen molar-refractivity contribution in [1.82, 2.24) is 10.2 Å².